The van der Waals surface area contributed by atoms with E-state index in [1.807, 2.05) is 6.07 Å². The van der Waals surface area contributed by atoms with E-state index in [1.54, 1.807) is 12.1 Å². The molecule has 2 N–H and O–H groups in total. The van der Waals surface area contributed by atoms with Crippen LogP contribution in [0.25, 0.3) is 0 Å². The molecule has 0 aliphatic carbocycles. The van der Waals surface area contributed by atoms with Crippen molar-refractivity contribution in [2.24, 2.45) is 0 Å². The van der Waals surface area contributed by atoms with Crippen LogP contribution in [-0.2, 0) is 6.54 Å². The number of piperazine rings is 1. The van der Waals surface area contributed by atoms with Crippen molar-refractivity contribution in [1.82, 2.24) is 25.0 Å². The third kappa shape index (κ3) is 4.43. The first kappa shape index (κ1) is 16.7. The van der Waals surface area contributed by atoms with E-state index in [0.29, 0.717) is 16.6 Å². The summed E-state index contributed by atoms with van der Waals surface area (Å²) in [6.45, 7) is 5.07. The fourth-order valence-electron chi connectivity index (χ4n) is 2.72. The highest BCUT2D eigenvalue weighted by Gasteiger charge is 2.20. The lowest BCUT2D eigenvalue weighted by atomic mass is 10.1. The van der Waals surface area contributed by atoms with E-state index in [4.69, 9.17) is 23.2 Å². The first-order valence-corrected chi connectivity index (χ1v) is 8.29. The van der Waals surface area contributed by atoms with Crippen molar-refractivity contribution in [2.75, 3.05) is 32.7 Å². The number of β-amino-alcohol motifs (C(OH)–C–C–N with tert-alkyl or cyclic N) is 1. The number of aromatic amines is 1. The van der Waals surface area contributed by atoms with Crippen LogP contribution in [0.5, 0.6) is 0 Å². The van der Waals surface area contributed by atoms with Crippen LogP contribution < -0.4 is 0 Å². The summed E-state index contributed by atoms with van der Waals surface area (Å²) in [7, 11) is 0. The van der Waals surface area contributed by atoms with Gasteiger partial charge in [-0.2, -0.15) is 5.10 Å². The molecule has 1 aromatic carbocycles. The molecule has 0 unspecified atom stereocenters. The van der Waals surface area contributed by atoms with Crippen LogP contribution in [0.1, 0.15) is 17.5 Å². The maximum absolute atomic E-state index is 10.4. The van der Waals surface area contributed by atoms with Crippen LogP contribution in [0.4, 0.5) is 0 Å². The second-order valence-electron chi connectivity index (χ2n) is 5.70. The zero-order chi connectivity index (χ0) is 16.2. The molecule has 0 radical (unpaired) electrons. The molecule has 1 aliphatic heterocycles. The Morgan fingerprint density at radius 3 is 2.52 bits per heavy atom. The molecule has 1 atom stereocenters. The van der Waals surface area contributed by atoms with Gasteiger partial charge in [0.2, 0.25) is 0 Å². The van der Waals surface area contributed by atoms with E-state index in [-0.39, 0.29) is 0 Å². The van der Waals surface area contributed by atoms with Crippen molar-refractivity contribution in [3.8, 4) is 0 Å². The number of nitrogens with zero attached hydrogens (tertiary/aromatic N) is 4. The summed E-state index contributed by atoms with van der Waals surface area (Å²) in [5, 5.41) is 18.1. The highest BCUT2D eigenvalue weighted by atomic mass is 35.5. The summed E-state index contributed by atoms with van der Waals surface area (Å²) in [6, 6.07) is 5.27. The van der Waals surface area contributed by atoms with Crippen molar-refractivity contribution >= 4 is 23.2 Å². The number of aliphatic hydroxyl groups is 1. The number of benzene rings is 1. The minimum Gasteiger partial charge on any atom is -0.387 e. The fraction of sp³-hybridized carbons (Fsp3) is 0.467. The molecule has 1 fully saturated rings. The number of nitrogens with one attached hydrogen (secondary N) is 1. The number of hydrogen-bond acceptors (Lipinski definition) is 5. The number of rotatable bonds is 5. The highest BCUT2D eigenvalue weighted by Crippen LogP contribution is 2.26. The molecule has 23 heavy (non-hydrogen) atoms. The van der Waals surface area contributed by atoms with Crippen LogP contribution in [0.2, 0.25) is 10.0 Å². The van der Waals surface area contributed by atoms with Crippen LogP contribution in [0, 0.1) is 0 Å². The third-order valence-electron chi connectivity index (χ3n) is 4.06. The number of hydrogen-bond donors (Lipinski definition) is 2. The molecule has 1 aliphatic rings. The largest absolute Gasteiger partial charge is 0.387 e. The average Bonchev–Trinajstić information content (AvgIpc) is 3.05. The smallest absolute Gasteiger partial charge is 0.138 e. The van der Waals surface area contributed by atoms with Gasteiger partial charge >= 0.3 is 0 Å². The monoisotopic (exact) mass is 355 g/mol. The van der Waals surface area contributed by atoms with Crippen molar-refractivity contribution < 1.29 is 5.11 Å². The fourth-order valence-corrected chi connectivity index (χ4v) is 3.02. The zero-order valence-electron chi connectivity index (χ0n) is 12.6. The second-order valence-corrected chi connectivity index (χ2v) is 6.51. The summed E-state index contributed by atoms with van der Waals surface area (Å²) >= 11 is 11.9. The summed E-state index contributed by atoms with van der Waals surface area (Å²) in [5.41, 5.74) is 0.795. The third-order valence-corrected chi connectivity index (χ3v) is 4.80. The van der Waals surface area contributed by atoms with Crippen LogP contribution in [0.3, 0.4) is 0 Å². The van der Waals surface area contributed by atoms with E-state index < -0.39 is 6.10 Å². The molecule has 2 heterocycles. The SMILES string of the molecule is O[C@@H](CN1CCN(Cc2ncn[nH]2)CC1)c1ccc(Cl)c(Cl)c1. The van der Waals surface area contributed by atoms with Crippen molar-refractivity contribution in [1.29, 1.82) is 0 Å². The molecule has 0 spiro atoms. The Morgan fingerprint density at radius 2 is 1.87 bits per heavy atom. The van der Waals surface area contributed by atoms with E-state index in [9.17, 15) is 5.11 Å². The number of halogens is 2. The molecule has 6 nitrogen and oxygen atoms in total. The van der Waals surface area contributed by atoms with Crippen molar-refractivity contribution in [3.05, 3.63) is 46.0 Å². The van der Waals surface area contributed by atoms with E-state index in [1.165, 1.54) is 6.33 Å². The second kappa shape index (κ2) is 7.59. The lowest BCUT2D eigenvalue weighted by molar-refractivity contribution is 0.0693. The lowest BCUT2D eigenvalue weighted by Crippen LogP contribution is -2.47. The first-order chi connectivity index (χ1) is 11.1. The van der Waals surface area contributed by atoms with Gasteiger partial charge in [-0.15, -0.1) is 0 Å². The van der Waals surface area contributed by atoms with Gasteiger partial charge in [0.1, 0.15) is 12.2 Å². The number of aromatic nitrogens is 3. The number of H-pyrrole nitrogens is 1. The van der Waals surface area contributed by atoms with Gasteiger partial charge in [-0.05, 0) is 17.7 Å². The molecule has 0 bridgehead atoms. The highest BCUT2D eigenvalue weighted by molar-refractivity contribution is 6.42. The van der Waals surface area contributed by atoms with Crippen LogP contribution in [-0.4, -0.2) is 62.8 Å². The van der Waals surface area contributed by atoms with Gasteiger partial charge < -0.3 is 5.11 Å². The quantitative estimate of drug-likeness (QED) is 0.857. The standard InChI is InChI=1S/C15H19Cl2N5O/c16-12-2-1-11(7-13(12)17)14(23)8-21-3-5-22(6-4-21)9-15-18-10-19-20-15/h1-2,7,10,14,23H,3-6,8-9H2,(H,18,19,20)/t14-/m0/s1. The van der Waals surface area contributed by atoms with Gasteiger partial charge in [0.25, 0.3) is 0 Å². The molecular weight excluding hydrogens is 337 g/mol. The van der Waals surface area contributed by atoms with Gasteiger partial charge in [-0.25, -0.2) is 4.98 Å². The Labute approximate surface area is 145 Å². The Morgan fingerprint density at radius 1 is 1.13 bits per heavy atom. The van der Waals surface area contributed by atoms with Gasteiger partial charge in [0, 0.05) is 32.7 Å². The maximum atomic E-state index is 10.4. The zero-order valence-corrected chi connectivity index (χ0v) is 14.1. The maximum Gasteiger partial charge on any atom is 0.138 e. The molecule has 2 aromatic rings. The normalized spacial score (nSPS) is 18.2. The van der Waals surface area contributed by atoms with Crippen LogP contribution >= 0.6 is 23.2 Å². The Hall–Kier alpha value is -1.18. The number of aliphatic hydroxyl groups excluding tert-OH is 1. The van der Waals surface area contributed by atoms with E-state index in [2.05, 4.69) is 25.0 Å². The average molecular weight is 356 g/mol. The predicted molar refractivity (Wildman–Crippen MR) is 89.5 cm³/mol. The topological polar surface area (TPSA) is 68.3 Å². The van der Waals surface area contributed by atoms with Gasteiger partial charge in [0.15, 0.2) is 0 Å². The minimum atomic E-state index is -0.564. The van der Waals surface area contributed by atoms with Crippen molar-refractivity contribution in [2.45, 2.75) is 12.6 Å². The van der Waals surface area contributed by atoms with Gasteiger partial charge in [0.05, 0.1) is 22.7 Å². The first-order valence-electron chi connectivity index (χ1n) is 7.54. The molecule has 1 saturated heterocycles. The summed E-state index contributed by atoms with van der Waals surface area (Å²) < 4.78 is 0. The molecule has 1 aromatic heterocycles. The Bertz CT molecular complexity index is 629. The minimum absolute atomic E-state index is 0.472. The Balaban J connectivity index is 1.49. The van der Waals surface area contributed by atoms with Crippen LogP contribution in [0.15, 0.2) is 24.5 Å². The molecule has 0 saturated carbocycles. The molecule has 3 rings (SSSR count). The van der Waals surface area contributed by atoms with E-state index in [0.717, 1.165) is 44.1 Å². The van der Waals surface area contributed by atoms with Gasteiger partial charge in [-0.1, -0.05) is 29.3 Å². The summed E-state index contributed by atoms with van der Waals surface area (Å²) in [4.78, 5) is 8.72. The van der Waals surface area contributed by atoms with Gasteiger partial charge in [-0.3, -0.25) is 14.9 Å². The Kier molecular flexibility index (Phi) is 5.50. The summed E-state index contributed by atoms with van der Waals surface area (Å²) in [5.74, 6) is 0.884. The van der Waals surface area contributed by atoms with E-state index >= 15 is 0 Å². The van der Waals surface area contributed by atoms with Crippen molar-refractivity contribution in [3.63, 3.8) is 0 Å². The lowest BCUT2D eigenvalue weighted by Gasteiger charge is -2.35. The summed E-state index contributed by atoms with van der Waals surface area (Å²) in [6.07, 6.45) is 0.963. The predicted octanol–water partition coefficient (Wildman–Crippen LogP) is 1.96. The molecule has 8 heteroatoms. The molecule has 0 amide bonds. The molecular formula is C15H19Cl2N5O. The molecule has 124 valence electrons.